The molecule has 1 aromatic heterocycles. The van der Waals surface area contributed by atoms with Crippen LogP contribution in [0.1, 0.15) is 23.4 Å². The van der Waals surface area contributed by atoms with E-state index >= 15 is 0 Å². The summed E-state index contributed by atoms with van der Waals surface area (Å²) in [5.41, 5.74) is 7.52. The molecule has 1 aromatic carbocycles. The van der Waals surface area contributed by atoms with Crippen LogP contribution in [0, 0.1) is 0 Å². The van der Waals surface area contributed by atoms with Gasteiger partial charge >= 0.3 is 0 Å². The molecule has 0 amide bonds. The first-order valence-electron chi connectivity index (χ1n) is 6.83. The Morgan fingerprint density at radius 3 is 2.45 bits per heavy atom. The first kappa shape index (κ1) is 15.5. The van der Waals surface area contributed by atoms with Gasteiger partial charge < -0.3 is 5.73 Å². The largest absolute Gasteiger partial charge is 0.326 e. The summed E-state index contributed by atoms with van der Waals surface area (Å²) in [6.45, 7) is 3.03. The summed E-state index contributed by atoms with van der Waals surface area (Å²) in [5.74, 6) is 0. The first-order chi connectivity index (χ1) is 9.58. The molecule has 2 rings (SSSR count). The maximum Gasteiger partial charge on any atom is 0.0931 e. The Balaban J connectivity index is 2.02. The second kappa shape index (κ2) is 7.23. The summed E-state index contributed by atoms with van der Waals surface area (Å²) in [7, 11) is 2.13. The molecule has 2 N–H and O–H groups in total. The number of benzene rings is 1. The van der Waals surface area contributed by atoms with Gasteiger partial charge in [-0.25, -0.2) is 0 Å². The summed E-state index contributed by atoms with van der Waals surface area (Å²) >= 11 is 7.66. The number of hydrogen-bond acceptors (Lipinski definition) is 3. The lowest BCUT2D eigenvalue weighted by Gasteiger charge is -2.30. The average molecular weight is 309 g/mol. The van der Waals surface area contributed by atoms with Crippen molar-refractivity contribution in [1.82, 2.24) is 4.90 Å². The highest BCUT2D eigenvalue weighted by Gasteiger charge is 2.22. The molecular weight excluding hydrogens is 288 g/mol. The molecule has 2 atom stereocenters. The van der Waals surface area contributed by atoms with Crippen LogP contribution in [0.2, 0.25) is 4.34 Å². The molecule has 0 aliphatic carbocycles. The monoisotopic (exact) mass is 308 g/mol. The Bertz CT molecular complexity index is 524. The minimum Gasteiger partial charge on any atom is -0.326 e. The molecule has 0 saturated heterocycles. The molecule has 2 unspecified atom stereocenters. The van der Waals surface area contributed by atoms with Crippen molar-refractivity contribution in [2.45, 2.75) is 25.4 Å². The van der Waals surface area contributed by atoms with Crippen LogP contribution in [0.3, 0.4) is 0 Å². The lowest BCUT2D eigenvalue weighted by molar-refractivity contribution is 0.225. The van der Waals surface area contributed by atoms with Gasteiger partial charge in [0.15, 0.2) is 0 Å². The molecular formula is C16H21ClN2S. The molecule has 0 fully saturated rings. The van der Waals surface area contributed by atoms with Gasteiger partial charge in [-0.3, -0.25) is 4.90 Å². The van der Waals surface area contributed by atoms with Crippen molar-refractivity contribution >= 4 is 22.9 Å². The van der Waals surface area contributed by atoms with Crippen LogP contribution >= 0.6 is 22.9 Å². The Morgan fingerprint density at radius 1 is 1.20 bits per heavy atom. The molecule has 0 saturated carbocycles. The standard InChI is InChI=1S/C16H21ClN2S/c1-12(18)16(14-8-9-15(17)20-14)19(2)11-10-13-6-4-3-5-7-13/h3-9,12,16H,10-11,18H2,1-2H3. The smallest absolute Gasteiger partial charge is 0.0931 e. The van der Waals surface area contributed by atoms with Gasteiger partial charge in [0.2, 0.25) is 0 Å². The first-order valence-corrected chi connectivity index (χ1v) is 8.02. The number of halogens is 1. The molecule has 0 spiro atoms. The number of hydrogen-bond donors (Lipinski definition) is 1. The molecule has 20 heavy (non-hydrogen) atoms. The molecule has 0 aliphatic heterocycles. The Labute approximate surface area is 130 Å². The SMILES string of the molecule is CC(N)C(c1ccc(Cl)s1)N(C)CCc1ccccc1. The maximum absolute atomic E-state index is 6.17. The van der Waals surface area contributed by atoms with Crippen LogP contribution in [-0.4, -0.2) is 24.5 Å². The summed E-state index contributed by atoms with van der Waals surface area (Å²) in [4.78, 5) is 3.56. The van der Waals surface area contributed by atoms with Crippen LogP contribution in [-0.2, 0) is 6.42 Å². The van der Waals surface area contributed by atoms with E-state index in [0.717, 1.165) is 17.3 Å². The topological polar surface area (TPSA) is 29.3 Å². The molecule has 0 bridgehead atoms. The molecule has 2 nitrogen and oxygen atoms in total. The molecule has 4 heteroatoms. The van der Waals surface area contributed by atoms with Crippen molar-refractivity contribution < 1.29 is 0 Å². The second-order valence-electron chi connectivity index (χ2n) is 5.16. The van der Waals surface area contributed by atoms with Crippen molar-refractivity contribution in [3.63, 3.8) is 0 Å². The third-order valence-electron chi connectivity index (χ3n) is 3.45. The van der Waals surface area contributed by atoms with Crippen LogP contribution in [0.5, 0.6) is 0 Å². The van der Waals surface area contributed by atoms with Crippen LogP contribution in [0.4, 0.5) is 0 Å². The highest BCUT2D eigenvalue weighted by Crippen LogP contribution is 2.31. The van der Waals surface area contributed by atoms with Crippen molar-refractivity contribution in [2.75, 3.05) is 13.6 Å². The molecule has 108 valence electrons. The summed E-state index contributed by atoms with van der Waals surface area (Å²) in [6, 6.07) is 14.9. The molecule has 0 radical (unpaired) electrons. The minimum absolute atomic E-state index is 0.0745. The van der Waals surface area contributed by atoms with Gasteiger partial charge in [-0.05, 0) is 38.1 Å². The van der Waals surface area contributed by atoms with Crippen LogP contribution in [0.15, 0.2) is 42.5 Å². The number of rotatable bonds is 6. The zero-order chi connectivity index (χ0) is 14.5. The molecule has 0 aliphatic rings. The highest BCUT2D eigenvalue weighted by atomic mass is 35.5. The van der Waals surface area contributed by atoms with Gasteiger partial charge in [0.1, 0.15) is 0 Å². The molecule has 1 heterocycles. The van der Waals surface area contributed by atoms with Crippen molar-refractivity contribution in [1.29, 1.82) is 0 Å². The van der Waals surface area contributed by atoms with Gasteiger partial charge in [0.05, 0.1) is 10.4 Å². The number of likely N-dealkylation sites (N-methyl/N-ethyl adjacent to an activating group) is 1. The summed E-state index contributed by atoms with van der Waals surface area (Å²) in [5, 5.41) is 0. The third kappa shape index (κ3) is 4.06. The Morgan fingerprint density at radius 2 is 1.90 bits per heavy atom. The van der Waals surface area contributed by atoms with Gasteiger partial charge in [0, 0.05) is 17.5 Å². The van der Waals surface area contributed by atoms with Crippen molar-refractivity contribution in [3.05, 3.63) is 57.2 Å². The third-order valence-corrected chi connectivity index (χ3v) is 4.76. The fraction of sp³-hybridized carbons (Fsp3) is 0.375. The lowest BCUT2D eigenvalue weighted by atomic mass is 10.1. The van der Waals surface area contributed by atoms with E-state index in [1.807, 2.05) is 12.1 Å². The van der Waals surface area contributed by atoms with E-state index in [9.17, 15) is 0 Å². The average Bonchev–Trinajstić information content (AvgIpc) is 2.83. The van der Waals surface area contributed by atoms with Gasteiger partial charge in [-0.1, -0.05) is 41.9 Å². The minimum atomic E-state index is 0.0745. The Kier molecular flexibility index (Phi) is 5.61. The predicted octanol–water partition coefficient (Wildman–Crippen LogP) is 3.96. The zero-order valence-corrected chi connectivity index (χ0v) is 13.5. The summed E-state index contributed by atoms with van der Waals surface area (Å²) in [6.07, 6.45) is 1.03. The molecule has 2 aromatic rings. The van der Waals surface area contributed by atoms with E-state index in [1.165, 1.54) is 10.4 Å². The predicted molar refractivity (Wildman–Crippen MR) is 88.5 cm³/mol. The van der Waals surface area contributed by atoms with Gasteiger partial charge in [-0.2, -0.15) is 0 Å². The fourth-order valence-corrected chi connectivity index (χ4v) is 3.80. The van der Waals surface area contributed by atoms with Crippen molar-refractivity contribution in [3.8, 4) is 0 Å². The lowest BCUT2D eigenvalue weighted by Crippen LogP contribution is -2.37. The van der Waals surface area contributed by atoms with Crippen molar-refractivity contribution in [2.24, 2.45) is 5.73 Å². The van der Waals surface area contributed by atoms with E-state index < -0.39 is 0 Å². The number of nitrogens with two attached hydrogens (primary N) is 1. The quantitative estimate of drug-likeness (QED) is 0.875. The second-order valence-corrected chi connectivity index (χ2v) is 6.91. The van der Waals surface area contributed by atoms with E-state index in [0.29, 0.717) is 0 Å². The highest BCUT2D eigenvalue weighted by molar-refractivity contribution is 7.16. The zero-order valence-electron chi connectivity index (χ0n) is 11.9. The number of thiophene rings is 1. The van der Waals surface area contributed by atoms with Crippen LogP contribution in [0.25, 0.3) is 0 Å². The van der Waals surface area contributed by atoms with E-state index in [4.69, 9.17) is 17.3 Å². The van der Waals surface area contributed by atoms with Gasteiger partial charge in [0.25, 0.3) is 0 Å². The van der Waals surface area contributed by atoms with Gasteiger partial charge in [-0.15, -0.1) is 11.3 Å². The summed E-state index contributed by atoms with van der Waals surface area (Å²) < 4.78 is 0.821. The number of nitrogens with zero attached hydrogens (tertiary/aromatic N) is 1. The van der Waals surface area contributed by atoms with E-state index in [-0.39, 0.29) is 12.1 Å². The van der Waals surface area contributed by atoms with Crippen LogP contribution < -0.4 is 5.73 Å². The van der Waals surface area contributed by atoms with E-state index in [1.54, 1.807) is 11.3 Å². The Hall–Kier alpha value is -0.870. The maximum atomic E-state index is 6.17. The fourth-order valence-electron chi connectivity index (χ4n) is 2.45. The normalized spacial score (nSPS) is 14.4. The van der Waals surface area contributed by atoms with E-state index in [2.05, 4.69) is 49.2 Å².